The molecular weight excluding hydrogens is 357 g/mol. The maximum Gasteiger partial charge on any atom is 0.339 e. The minimum absolute atomic E-state index is 0.0745. The third kappa shape index (κ3) is 4.30. The molecule has 5 heteroatoms. The zero-order valence-corrected chi connectivity index (χ0v) is 16.4. The van der Waals surface area contributed by atoms with E-state index in [0.717, 1.165) is 22.1 Å². The summed E-state index contributed by atoms with van der Waals surface area (Å²) >= 11 is 0. The second-order valence-electron chi connectivity index (χ2n) is 7.03. The Bertz CT molecular complexity index is 1070. The molecule has 1 amide bonds. The summed E-state index contributed by atoms with van der Waals surface area (Å²) < 4.78 is 18.8. The third-order valence-electron chi connectivity index (χ3n) is 5.03. The number of carbonyl (C=O) groups excluding carboxylic acids is 1. The number of carbonyl (C=O) groups is 1. The number of benzene rings is 2. The molecule has 0 aliphatic rings. The van der Waals surface area contributed by atoms with Crippen molar-refractivity contribution in [3.63, 3.8) is 0 Å². The van der Waals surface area contributed by atoms with Gasteiger partial charge in [0.2, 0.25) is 5.91 Å². The molecule has 146 valence electrons. The average Bonchev–Trinajstić information content (AvgIpc) is 2.65. The number of amides is 1. The van der Waals surface area contributed by atoms with E-state index in [4.69, 9.17) is 4.42 Å². The van der Waals surface area contributed by atoms with Crippen LogP contribution in [0.1, 0.15) is 35.6 Å². The van der Waals surface area contributed by atoms with E-state index in [-0.39, 0.29) is 18.1 Å². The average molecular weight is 381 g/mol. The Balaban J connectivity index is 1.76. The largest absolute Gasteiger partial charge is 0.423 e. The van der Waals surface area contributed by atoms with Crippen LogP contribution in [0.2, 0.25) is 0 Å². The topological polar surface area (TPSA) is 50.5 Å². The number of hydrogen-bond donors (Lipinski definition) is 0. The Morgan fingerprint density at radius 2 is 1.93 bits per heavy atom. The van der Waals surface area contributed by atoms with Crippen molar-refractivity contribution in [1.82, 2.24) is 4.90 Å². The van der Waals surface area contributed by atoms with Gasteiger partial charge in [0, 0.05) is 30.5 Å². The van der Waals surface area contributed by atoms with Crippen LogP contribution in [-0.2, 0) is 17.8 Å². The van der Waals surface area contributed by atoms with Gasteiger partial charge in [-0.15, -0.1) is 0 Å². The molecule has 0 spiro atoms. The molecule has 2 aromatic carbocycles. The molecule has 3 aromatic rings. The highest BCUT2D eigenvalue weighted by Crippen LogP contribution is 2.21. The quantitative estimate of drug-likeness (QED) is 0.590. The molecule has 0 bridgehead atoms. The molecule has 0 radical (unpaired) electrons. The lowest BCUT2D eigenvalue weighted by atomic mass is 10.0. The van der Waals surface area contributed by atoms with E-state index in [1.54, 1.807) is 17.0 Å². The van der Waals surface area contributed by atoms with Gasteiger partial charge in [-0.25, -0.2) is 9.18 Å². The van der Waals surface area contributed by atoms with Gasteiger partial charge in [-0.3, -0.25) is 4.79 Å². The minimum atomic E-state index is -0.392. The van der Waals surface area contributed by atoms with E-state index in [1.165, 1.54) is 12.1 Å². The summed E-state index contributed by atoms with van der Waals surface area (Å²) in [5.74, 6) is -0.393. The van der Waals surface area contributed by atoms with Crippen molar-refractivity contribution in [1.29, 1.82) is 0 Å². The maximum atomic E-state index is 13.4. The fourth-order valence-corrected chi connectivity index (χ4v) is 3.41. The van der Waals surface area contributed by atoms with Gasteiger partial charge in [-0.1, -0.05) is 24.3 Å². The highest BCUT2D eigenvalue weighted by Gasteiger charge is 2.16. The summed E-state index contributed by atoms with van der Waals surface area (Å²) in [6, 6.07) is 12.0. The molecule has 0 saturated heterocycles. The number of hydrogen-bond acceptors (Lipinski definition) is 3. The van der Waals surface area contributed by atoms with E-state index in [2.05, 4.69) is 0 Å². The van der Waals surface area contributed by atoms with Gasteiger partial charge in [-0.2, -0.15) is 0 Å². The van der Waals surface area contributed by atoms with Crippen LogP contribution < -0.4 is 5.63 Å². The third-order valence-corrected chi connectivity index (χ3v) is 5.03. The van der Waals surface area contributed by atoms with Crippen molar-refractivity contribution in [2.45, 2.75) is 40.2 Å². The Hall–Kier alpha value is -2.95. The van der Waals surface area contributed by atoms with Crippen LogP contribution >= 0.6 is 0 Å². The van der Waals surface area contributed by atoms with Gasteiger partial charge in [0.1, 0.15) is 11.4 Å². The zero-order valence-electron chi connectivity index (χ0n) is 16.4. The molecule has 0 aliphatic heterocycles. The van der Waals surface area contributed by atoms with Crippen molar-refractivity contribution in [2.24, 2.45) is 0 Å². The van der Waals surface area contributed by atoms with E-state index in [1.807, 2.05) is 39.0 Å². The molecule has 0 fully saturated rings. The van der Waals surface area contributed by atoms with Crippen molar-refractivity contribution in [2.75, 3.05) is 6.54 Å². The number of nitrogens with zero attached hydrogens (tertiary/aromatic N) is 1. The molecule has 0 saturated carbocycles. The van der Waals surface area contributed by atoms with E-state index in [0.29, 0.717) is 30.7 Å². The van der Waals surface area contributed by atoms with Crippen molar-refractivity contribution in [3.8, 4) is 0 Å². The van der Waals surface area contributed by atoms with Gasteiger partial charge < -0.3 is 9.32 Å². The molecule has 0 unspecified atom stereocenters. The maximum absolute atomic E-state index is 13.4. The number of halogens is 1. The molecular formula is C23H24FNO3. The lowest BCUT2D eigenvalue weighted by Crippen LogP contribution is -2.31. The summed E-state index contributed by atoms with van der Waals surface area (Å²) in [5.41, 5.74) is 3.33. The summed E-state index contributed by atoms with van der Waals surface area (Å²) in [5, 5.41) is 0.889. The first kappa shape index (κ1) is 19.8. The second kappa shape index (κ2) is 8.38. The standard InChI is InChI=1S/C23H24FNO3/c1-4-25(14-17-6-5-7-18(24)13-17)22(26)11-10-20-16(3)19-9-8-15(2)12-21(19)28-23(20)27/h5-9,12-13H,4,10-11,14H2,1-3H3. The lowest BCUT2D eigenvalue weighted by molar-refractivity contribution is -0.131. The Morgan fingerprint density at radius 1 is 1.14 bits per heavy atom. The van der Waals surface area contributed by atoms with Gasteiger partial charge in [0.25, 0.3) is 0 Å². The summed E-state index contributed by atoms with van der Waals surface area (Å²) in [6.07, 6.45) is 0.516. The van der Waals surface area contributed by atoms with Crippen LogP contribution in [0.15, 0.2) is 51.7 Å². The smallest absolute Gasteiger partial charge is 0.339 e. The molecule has 4 nitrogen and oxygen atoms in total. The van der Waals surface area contributed by atoms with Crippen LogP contribution in [0.25, 0.3) is 11.0 Å². The van der Waals surface area contributed by atoms with Crippen LogP contribution in [0.5, 0.6) is 0 Å². The first-order valence-corrected chi connectivity index (χ1v) is 9.44. The van der Waals surface area contributed by atoms with Crippen molar-refractivity contribution >= 4 is 16.9 Å². The molecule has 1 aromatic heterocycles. The van der Waals surface area contributed by atoms with Gasteiger partial charge in [-0.05, 0) is 62.1 Å². The van der Waals surface area contributed by atoms with Gasteiger partial charge in [0.05, 0.1) is 0 Å². The molecule has 0 atom stereocenters. The fraction of sp³-hybridized carbons (Fsp3) is 0.304. The molecule has 1 heterocycles. The highest BCUT2D eigenvalue weighted by molar-refractivity contribution is 5.82. The molecule has 0 aliphatic carbocycles. The van der Waals surface area contributed by atoms with Crippen LogP contribution in [0.3, 0.4) is 0 Å². The normalized spacial score (nSPS) is 11.0. The summed E-state index contributed by atoms with van der Waals surface area (Å²) in [4.78, 5) is 26.7. The Kier molecular flexibility index (Phi) is 5.93. The predicted molar refractivity (Wildman–Crippen MR) is 108 cm³/mol. The first-order valence-electron chi connectivity index (χ1n) is 9.44. The van der Waals surface area contributed by atoms with Crippen LogP contribution in [-0.4, -0.2) is 17.4 Å². The molecule has 28 heavy (non-hydrogen) atoms. The van der Waals surface area contributed by atoms with Crippen LogP contribution in [0, 0.1) is 19.7 Å². The van der Waals surface area contributed by atoms with E-state index in [9.17, 15) is 14.0 Å². The van der Waals surface area contributed by atoms with Gasteiger partial charge >= 0.3 is 5.63 Å². The fourth-order valence-electron chi connectivity index (χ4n) is 3.41. The van der Waals surface area contributed by atoms with Gasteiger partial charge in [0.15, 0.2) is 0 Å². The van der Waals surface area contributed by atoms with E-state index >= 15 is 0 Å². The second-order valence-corrected chi connectivity index (χ2v) is 7.03. The van der Waals surface area contributed by atoms with E-state index < -0.39 is 5.63 Å². The van der Waals surface area contributed by atoms with Crippen molar-refractivity contribution in [3.05, 3.63) is 81.0 Å². The molecule has 0 N–H and O–H groups in total. The Morgan fingerprint density at radius 3 is 2.64 bits per heavy atom. The molecule has 3 rings (SSSR count). The number of fused-ring (bicyclic) bond motifs is 1. The monoisotopic (exact) mass is 381 g/mol. The number of aryl methyl sites for hydroxylation is 2. The minimum Gasteiger partial charge on any atom is -0.423 e. The van der Waals surface area contributed by atoms with Crippen molar-refractivity contribution < 1.29 is 13.6 Å². The SMILES string of the molecule is CCN(Cc1cccc(F)c1)C(=O)CCc1c(C)c2ccc(C)cc2oc1=O. The predicted octanol–water partition coefficient (Wildman–Crippen LogP) is 4.53. The lowest BCUT2D eigenvalue weighted by Gasteiger charge is -2.21. The van der Waals surface area contributed by atoms with Crippen LogP contribution in [0.4, 0.5) is 4.39 Å². The first-order chi connectivity index (χ1) is 13.4. The zero-order chi connectivity index (χ0) is 20.3. The Labute approximate surface area is 163 Å². The highest BCUT2D eigenvalue weighted by atomic mass is 19.1. The number of rotatable bonds is 6. The summed E-state index contributed by atoms with van der Waals surface area (Å²) in [7, 11) is 0. The summed E-state index contributed by atoms with van der Waals surface area (Å²) in [6.45, 7) is 6.57.